The smallest absolute Gasteiger partial charge is 0.258 e. The molecular formula is C17H12ClN3OS. The van der Waals surface area contributed by atoms with Gasteiger partial charge in [0.25, 0.3) is 5.91 Å². The maximum absolute atomic E-state index is 12.5. The number of aromatic nitrogens is 2. The van der Waals surface area contributed by atoms with E-state index in [9.17, 15) is 4.79 Å². The Balaban J connectivity index is 1.82. The van der Waals surface area contributed by atoms with Crippen LogP contribution in [0.1, 0.15) is 10.4 Å². The van der Waals surface area contributed by atoms with Crippen LogP contribution in [0.3, 0.4) is 0 Å². The summed E-state index contributed by atoms with van der Waals surface area (Å²) in [5.74, 6) is -0.208. The zero-order valence-electron chi connectivity index (χ0n) is 11.9. The van der Waals surface area contributed by atoms with E-state index in [0.29, 0.717) is 21.3 Å². The van der Waals surface area contributed by atoms with Crippen LogP contribution in [0.2, 0.25) is 5.02 Å². The molecule has 0 fully saturated rings. The zero-order chi connectivity index (χ0) is 16.1. The first-order chi connectivity index (χ1) is 11.2. The summed E-state index contributed by atoms with van der Waals surface area (Å²) < 4.78 is 0. The van der Waals surface area contributed by atoms with Crippen LogP contribution in [-0.4, -0.2) is 15.9 Å². The summed E-state index contributed by atoms with van der Waals surface area (Å²) in [4.78, 5) is 21.7. The molecule has 0 aliphatic carbocycles. The number of carbonyl (C=O) groups is 1. The van der Waals surface area contributed by atoms with Crippen LogP contribution in [0.4, 0.5) is 5.69 Å². The second-order valence-corrected chi connectivity index (χ2v) is 6.10. The third kappa shape index (κ3) is 4.09. The molecule has 0 aliphatic heterocycles. The molecule has 23 heavy (non-hydrogen) atoms. The molecule has 3 rings (SSSR count). The largest absolute Gasteiger partial charge is 0.322 e. The van der Waals surface area contributed by atoms with Crippen molar-refractivity contribution < 1.29 is 4.79 Å². The minimum Gasteiger partial charge on any atom is -0.322 e. The van der Waals surface area contributed by atoms with E-state index in [1.807, 2.05) is 24.3 Å². The number of rotatable bonds is 4. The van der Waals surface area contributed by atoms with Crippen molar-refractivity contribution in [1.82, 2.24) is 9.97 Å². The first-order valence-electron chi connectivity index (χ1n) is 6.82. The third-order valence-electron chi connectivity index (χ3n) is 2.98. The monoisotopic (exact) mass is 341 g/mol. The molecule has 6 heteroatoms. The van der Waals surface area contributed by atoms with Crippen LogP contribution in [0.15, 0.2) is 77.0 Å². The summed E-state index contributed by atoms with van der Waals surface area (Å²) in [5.41, 5.74) is 1.21. The van der Waals surface area contributed by atoms with Gasteiger partial charge >= 0.3 is 0 Å². The van der Waals surface area contributed by atoms with Crippen molar-refractivity contribution in [2.45, 2.75) is 9.92 Å². The Labute approximate surface area is 142 Å². The third-order valence-corrected chi connectivity index (χ3v) is 4.26. The van der Waals surface area contributed by atoms with Gasteiger partial charge in [0.05, 0.1) is 5.56 Å². The van der Waals surface area contributed by atoms with Crippen LogP contribution in [0.25, 0.3) is 0 Å². The molecule has 0 saturated carbocycles. The first-order valence-corrected chi connectivity index (χ1v) is 8.01. The predicted octanol–water partition coefficient (Wildman–Crippen LogP) is 4.53. The van der Waals surface area contributed by atoms with Gasteiger partial charge in [0.1, 0.15) is 5.03 Å². The Hall–Kier alpha value is -2.37. The van der Waals surface area contributed by atoms with Crippen molar-refractivity contribution in [3.63, 3.8) is 0 Å². The lowest BCUT2D eigenvalue weighted by Gasteiger charge is -2.09. The van der Waals surface area contributed by atoms with E-state index < -0.39 is 0 Å². The minimum atomic E-state index is -0.208. The number of benzene rings is 1. The number of nitrogens with zero attached hydrogens (tertiary/aromatic N) is 2. The highest BCUT2D eigenvalue weighted by Crippen LogP contribution is 2.29. The molecule has 3 aromatic rings. The van der Waals surface area contributed by atoms with Crippen molar-refractivity contribution in [1.29, 1.82) is 0 Å². The van der Waals surface area contributed by atoms with Crippen molar-refractivity contribution >= 4 is 35.0 Å². The van der Waals surface area contributed by atoms with Gasteiger partial charge in [-0.2, -0.15) is 0 Å². The number of anilines is 1. The number of amides is 1. The summed E-state index contributed by atoms with van der Waals surface area (Å²) in [6, 6.07) is 14.4. The summed E-state index contributed by atoms with van der Waals surface area (Å²) in [5, 5.41) is 4.15. The molecule has 1 amide bonds. The predicted molar refractivity (Wildman–Crippen MR) is 92.0 cm³/mol. The topological polar surface area (TPSA) is 54.9 Å². The second-order valence-electron chi connectivity index (χ2n) is 4.60. The average molecular weight is 342 g/mol. The quantitative estimate of drug-likeness (QED) is 0.757. The number of nitrogens with one attached hydrogen (secondary N) is 1. The van der Waals surface area contributed by atoms with E-state index in [4.69, 9.17) is 11.6 Å². The molecule has 0 spiro atoms. The lowest BCUT2D eigenvalue weighted by molar-refractivity contribution is 0.102. The number of hydrogen-bond acceptors (Lipinski definition) is 4. The molecule has 2 heterocycles. The standard InChI is InChI=1S/C17H12ClN3OS/c18-12-3-5-14(6-4-12)23-17-15(2-1-9-20-17)16(22)21-13-7-10-19-11-8-13/h1-11H,(H,19,21,22). The van der Waals surface area contributed by atoms with E-state index in [1.54, 1.807) is 42.9 Å². The van der Waals surface area contributed by atoms with Crippen LogP contribution in [-0.2, 0) is 0 Å². The van der Waals surface area contributed by atoms with Crippen molar-refractivity contribution in [3.8, 4) is 0 Å². The molecule has 0 aliphatic rings. The number of halogens is 1. The average Bonchev–Trinajstić information content (AvgIpc) is 2.58. The van der Waals surface area contributed by atoms with E-state index >= 15 is 0 Å². The maximum atomic E-state index is 12.5. The van der Waals surface area contributed by atoms with E-state index in [0.717, 1.165) is 4.90 Å². The van der Waals surface area contributed by atoms with Gasteiger partial charge in [0.2, 0.25) is 0 Å². The molecule has 0 radical (unpaired) electrons. The highest BCUT2D eigenvalue weighted by molar-refractivity contribution is 7.99. The van der Waals surface area contributed by atoms with Crippen molar-refractivity contribution in [3.05, 3.63) is 77.7 Å². The van der Waals surface area contributed by atoms with Crippen molar-refractivity contribution in [2.24, 2.45) is 0 Å². The fourth-order valence-corrected chi connectivity index (χ4v) is 2.90. The molecule has 1 N–H and O–H groups in total. The van der Waals surface area contributed by atoms with Crippen LogP contribution >= 0.6 is 23.4 Å². The number of carbonyl (C=O) groups excluding carboxylic acids is 1. The van der Waals surface area contributed by atoms with Crippen LogP contribution < -0.4 is 5.32 Å². The SMILES string of the molecule is O=C(Nc1ccncc1)c1cccnc1Sc1ccc(Cl)cc1. The van der Waals surface area contributed by atoms with Gasteiger partial charge in [-0.1, -0.05) is 23.4 Å². The number of pyridine rings is 2. The minimum absolute atomic E-state index is 0.208. The Bertz CT molecular complexity index is 810. The van der Waals surface area contributed by atoms with Gasteiger partial charge < -0.3 is 5.32 Å². The Morgan fingerprint density at radius 2 is 1.74 bits per heavy atom. The fraction of sp³-hybridized carbons (Fsp3) is 0. The molecule has 4 nitrogen and oxygen atoms in total. The van der Waals surface area contributed by atoms with Gasteiger partial charge in [-0.15, -0.1) is 0 Å². The van der Waals surface area contributed by atoms with Crippen LogP contribution in [0, 0.1) is 0 Å². The summed E-state index contributed by atoms with van der Waals surface area (Å²) in [7, 11) is 0. The lowest BCUT2D eigenvalue weighted by atomic mass is 10.2. The summed E-state index contributed by atoms with van der Waals surface area (Å²) in [6.45, 7) is 0. The normalized spacial score (nSPS) is 10.3. The zero-order valence-corrected chi connectivity index (χ0v) is 13.5. The summed E-state index contributed by atoms with van der Waals surface area (Å²) in [6.07, 6.45) is 4.92. The molecule has 0 saturated heterocycles. The molecule has 0 bridgehead atoms. The Morgan fingerprint density at radius 1 is 1.00 bits per heavy atom. The molecular weight excluding hydrogens is 330 g/mol. The molecule has 0 atom stereocenters. The molecule has 2 aromatic heterocycles. The summed E-state index contributed by atoms with van der Waals surface area (Å²) >= 11 is 7.31. The van der Waals surface area contributed by atoms with Gasteiger partial charge in [0, 0.05) is 34.2 Å². The molecule has 0 unspecified atom stereocenters. The Kier molecular flexibility index (Phi) is 4.90. The Morgan fingerprint density at radius 3 is 2.48 bits per heavy atom. The highest BCUT2D eigenvalue weighted by atomic mass is 35.5. The number of hydrogen-bond donors (Lipinski definition) is 1. The van der Waals surface area contributed by atoms with Gasteiger partial charge in [-0.3, -0.25) is 9.78 Å². The van der Waals surface area contributed by atoms with Gasteiger partial charge in [-0.25, -0.2) is 4.98 Å². The lowest BCUT2D eigenvalue weighted by Crippen LogP contribution is -2.13. The fourth-order valence-electron chi connectivity index (χ4n) is 1.89. The highest BCUT2D eigenvalue weighted by Gasteiger charge is 2.13. The second kappa shape index (κ2) is 7.26. The van der Waals surface area contributed by atoms with E-state index in [1.165, 1.54) is 11.8 Å². The van der Waals surface area contributed by atoms with Gasteiger partial charge in [-0.05, 0) is 48.5 Å². The first kappa shape index (κ1) is 15.5. The van der Waals surface area contributed by atoms with Gasteiger partial charge in [0.15, 0.2) is 0 Å². The van der Waals surface area contributed by atoms with Crippen LogP contribution in [0.5, 0.6) is 0 Å². The van der Waals surface area contributed by atoms with Crippen molar-refractivity contribution in [2.75, 3.05) is 5.32 Å². The van der Waals surface area contributed by atoms with E-state index in [2.05, 4.69) is 15.3 Å². The maximum Gasteiger partial charge on any atom is 0.258 e. The molecule has 114 valence electrons. The van der Waals surface area contributed by atoms with E-state index in [-0.39, 0.29) is 5.91 Å². The molecule has 1 aromatic carbocycles.